The number of hydrogen-bond acceptors (Lipinski definition) is 19. The first-order valence-corrected chi connectivity index (χ1v) is 29.5. The van der Waals surface area contributed by atoms with E-state index >= 15 is 0 Å². The van der Waals surface area contributed by atoms with Crippen LogP contribution in [0.1, 0.15) is 147 Å². The molecule has 4 saturated heterocycles. The third-order valence-electron chi connectivity index (χ3n) is 19.3. The number of carbonyl (C=O) groups excluding carboxylic acids is 7. The highest BCUT2D eigenvalue weighted by molar-refractivity contribution is 5.87. The van der Waals surface area contributed by atoms with E-state index < -0.39 is 222 Å². The van der Waals surface area contributed by atoms with Gasteiger partial charge in [0.2, 0.25) is 6.10 Å². The Morgan fingerprint density at radius 3 is 1.56 bits per heavy atom. The molecule has 0 radical (unpaired) electrons. The average molecular weight is 1350 g/mol. The fourth-order valence-electron chi connectivity index (χ4n) is 12.1. The van der Waals surface area contributed by atoms with Crippen molar-refractivity contribution in [2.24, 2.45) is 57.7 Å². The SMILES string of the molecule is CCC(C)(C)C(=O)OC1C2CC3C1OC(=O)C3C2C(=O)OCC(F)(F)F.CCC(C)(C)C(=O)OC1CC(C(C)(O)C(F)(F)F)CC(C(O)(C(F)(F)F)C(F)(F)F)C1.CCC(C)(C)C(=O)O[C@@H]1C(=O)O[C@@H]2[C@H]3OC4(CCC(C(=O)OC(C)C(F)(F)F)CC4)O[C@H]3O[C@@H]21. The van der Waals surface area contributed by atoms with E-state index in [9.17, 15) is 110 Å². The van der Waals surface area contributed by atoms with E-state index in [-0.39, 0.29) is 44.9 Å². The van der Waals surface area contributed by atoms with E-state index in [2.05, 4.69) is 9.47 Å². The molecule has 0 amide bonds. The number of fused-ring (bicyclic) bond motifs is 4. The van der Waals surface area contributed by atoms with Crippen LogP contribution >= 0.6 is 0 Å². The lowest BCUT2D eigenvalue weighted by Gasteiger charge is -2.47. The second kappa shape index (κ2) is 26.0. The Kier molecular flexibility index (Phi) is 21.4. The molecule has 11 unspecified atom stereocenters. The van der Waals surface area contributed by atoms with Crippen LogP contribution in [-0.4, -0.2) is 162 Å². The largest absolute Gasteiger partial charge is 0.462 e. The molecule has 522 valence electrons. The van der Waals surface area contributed by atoms with Gasteiger partial charge in [-0.25, -0.2) is 4.79 Å². The Morgan fingerprint density at radius 2 is 1.08 bits per heavy atom. The summed E-state index contributed by atoms with van der Waals surface area (Å²) in [5.74, 6) is -15.1. The lowest BCUT2D eigenvalue weighted by molar-refractivity contribution is -0.391. The van der Waals surface area contributed by atoms with E-state index in [0.29, 0.717) is 19.3 Å². The minimum atomic E-state index is -6.28. The van der Waals surface area contributed by atoms with Crippen molar-refractivity contribution in [1.29, 1.82) is 0 Å². The van der Waals surface area contributed by atoms with Gasteiger partial charge in [-0.05, 0) is 113 Å². The second-order valence-electron chi connectivity index (χ2n) is 26.6. The normalized spacial score (nSPS) is 33.4. The molecular weight excluding hydrogens is 1270 g/mol. The van der Waals surface area contributed by atoms with E-state index in [1.165, 1.54) is 13.8 Å². The van der Waals surface area contributed by atoms with Crippen molar-refractivity contribution in [3.8, 4) is 0 Å². The van der Waals surface area contributed by atoms with Crippen molar-refractivity contribution in [3.05, 3.63) is 0 Å². The van der Waals surface area contributed by atoms with E-state index in [4.69, 9.17) is 37.9 Å². The monoisotopic (exact) mass is 1350 g/mol. The molecule has 19 nitrogen and oxygen atoms in total. The smallest absolute Gasteiger partial charge is 0.426 e. The highest BCUT2D eigenvalue weighted by Gasteiger charge is 2.76. The molecule has 8 aliphatic rings. The number of rotatable bonds is 15. The second-order valence-corrected chi connectivity index (χ2v) is 26.6. The zero-order valence-electron chi connectivity index (χ0n) is 51.2. The van der Waals surface area contributed by atoms with Crippen LogP contribution in [0.5, 0.6) is 0 Å². The van der Waals surface area contributed by atoms with Crippen LogP contribution in [0, 0.1) is 57.7 Å². The average Bonchev–Trinajstić information content (AvgIpc) is 1.65. The van der Waals surface area contributed by atoms with Crippen molar-refractivity contribution >= 4 is 41.8 Å². The maximum atomic E-state index is 13.3. The van der Waals surface area contributed by atoms with Gasteiger partial charge in [-0.2, -0.15) is 65.9 Å². The topological polar surface area (TPSA) is 252 Å². The van der Waals surface area contributed by atoms with Crippen LogP contribution in [-0.2, 0) is 80.9 Å². The third kappa shape index (κ3) is 15.4. The van der Waals surface area contributed by atoms with Gasteiger partial charge >= 0.3 is 72.7 Å². The molecule has 8 rings (SSSR count). The molecule has 4 saturated carbocycles. The number of ether oxygens (including phenoxy) is 10. The molecule has 16 atom stereocenters. The minimum Gasteiger partial charge on any atom is -0.462 e. The zero-order chi connectivity index (χ0) is 69.3. The molecule has 0 aromatic heterocycles. The predicted molar refractivity (Wildman–Crippen MR) is 273 cm³/mol. The van der Waals surface area contributed by atoms with Gasteiger partial charge in [0.1, 0.15) is 24.4 Å². The number of esters is 7. The highest BCUT2D eigenvalue weighted by Crippen LogP contribution is 2.60. The molecule has 0 aromatic carbocycles. The van der Waals surface area contributed by atoms with E-state index in [1.807, 2.05) is 13.8 Å². The summed E-state index contributed by atoms with van der Waals surface area (Å²) in [5, 5.41) is 19.6. The summed E-state index contributed by atoms with van der Waals surface area (Å²) in [6.45, 7) is 14.1. The summed E-state index contributed by atoms with van der Waals surface area (Å²) in [5.41, 5.74) is -11.8. The zero-order valence-corrected chi connectivity index (χ0v) is 51.2. The first-order chi connectivity index (χ1) is 41.2. The van der Waals surface area contributed by atoms with Crippen LogP contribution in [0.4, 0.5) is 65.9 Å². The fraction of sp³-hybridized carbons (Fsp3) is 0.877. The van der Waals surface area contributed by atoms with Gasteiger partial charge in [-0.15, -0.1) is 0 Å². The molecule has 8 fully saturated rings. The summed E-state index contributed by atoms with van der Waals surface area (Å²) < 4.78 is 248. The molecule has 4 heterocycles. The van der Waals surface area contributed by atoms with Gasteiger partial charge in [0, 0.05) is 36.5 Å². The molecule has 2 N–H and O–H groups in total. The Labute approximate surface area is 511 Å². The predicted octanol–water partition coefficient (Wildman–Crippen LogP) is 9.95. The van der Waals surface area contributed by atoms with Crippen molar-refractivity contribution in [2.45, 2.75) is 250 Å². The Bertz CT molecular complexity index is 2660. The molecule has 2 bridgehead atoms. The minimum absolute atomic E-state index is 0.167. The summed E-state index contributed by atoms with van der Waals surface area (Å²) in [4.78, 5) is 85.9. The highest BCUT2D eigenvalue weighted by atomic mass is 19.4. The van der Waals surface area contributed by atoms with Gasteiger partial charge in [-0.1, -0.05) is 20.8 Å². The van der Waals surface area contributed by atoms with Crippen molar-refractivity contribution in [1.82, 2.24) is 0 Å². The summed E-state index contributed by atoms with van der Waals surface area (Å²) in [6.07, 6.45) is -38.2. The van der Waals surface area contributed by atoms with E-state index in [0.717, 1.165) is 6.92 Å². The van der Waals surface area contributed by atoms with Gasteiger partial charge in [0.05, 0.1) is 34.0 Å². The van der Waals surface area contributed by atoms with Crippen LogP contribution in [0.25, 0.3) is 0 Å². The van der Waals surface area contributed by atoms with Crippen LogP contribution < -0.4 is 0 Å². The van der Waals surface area contributed by atoms with Crippen LogP contribution in [0.3, 0.4) is 0 Å². The molecule has 1 spiro atoms. The number of alkyl halides is 15. The number of hydrogen-bond donors (Lipinski definition) is 2. The fourth-order valence-corrected chi connectivity index (χ4v) is 12.1. The van der Waals surface area contributed by atoms with Crippen molar-refractivity contribution in [2.75, 3.05) is 6.61 Å². The quantitative estimate of drug-likeness (QED) is 0.0878. The molecule has 34 heteroatoms. The number of aliphatic hydroxyl groups is 2. The van der Waals surface area contributed by atoms with Crippen molar-refractivity contribution in [3.63, 3.8) is 0 Å². The molecule has 0 aromatic rings. The molecule has 91 heavy (non-hydrogen) atoms. The van der Waals surface area contributed by atoms with Crippen LogP contribution in [0.15, 0.2) is 0 Å². The van der Waals surface area contributed by atoms with E-state index in [1.54, 1.807) is 34.6 Å². The third-order valence-corrected chi connectivity index (χ3v) is 19.3. The molecule has 4 aliphatic carbocycles. The maximum absolute atomic E-state index is 13.3. The summed E-state index contributed by atoms with van der Waals surface area (Å²) >= 11 is 0. The molecular formula is C57H75F15O19. The lowest BCUT2D eigenvalue weighted by Crippen LogP contribution is -2.64. The first-order valence-electron chi connectivity index (χ1n) is 29.5. The van der Waals surface area contributed by atoms with Crippen molar-refractivity contribution < 1.29 is 157 Å². The number of halogens is 15. The van der Waals surface area contributed by atoms with Gasteiger partial charge < -0.3 is 57.6 Å². The maximum Gasteiger partial charge on any atom is 0.426 e. The Morgan fingerprint density at radius 1 is 0.582 bits per heavy atom. The van der Waals surface area contributed by atoms with Gasteiger partial charge in [0.15, 0.2) is 42.6 Å². The van der Waals surface area contributed by atoms with Gasteiger partial charge in [0.25, 0.3) is 5.60 Å². The first kappa shape index (κ1) is 75.1. The number of carbonyl (C=O) groups is 7. The summed E-state index contributed by atoms with van der Waals surface area (Å²) in [6, 6.07) is 0. The Balaban J connectivity index is 0.000000219. The Hall–Kier alpha value is -4.96. The lowest BCUT2D eigenvalue weighted by atomic mass is 9.66. The summed E-state index contributed by atoms with van der Waals surface area (Å²) in [7, 11) is 0. The standard InChI is InChI=1S/C22H29F3O9.C18H25F9O4.C17H21F3O6/c1-5-20(3,4)19(28)32-14-12-13(30-17(14)27)15-18(31-12)34-21(33-15)8-6-11(7-9-21)16(26)29-10(2)22(23,24)25;1-5-13(2,3)12(28)31-11-7-9(14(4,29)16(19,20)21)6-10(8-11)15(30,17(22,23)24)18(25,26)27;1-4-16(2,3)15(23)26-12-7-5-8-10(14(22)25-11(8)12)9(7)13(21)24-6-17(18,19)20/h10-15,18H,5-9H2,1-4H3;9-11,29-30H,5-8H2,1-4H3;7-12H,4-6H2,1-3H3/t10?,11?,12-,13-,14-,15+,18+,21?;;/m0../s1. The van der Waals surface area contributed by atoms with Gasteiger partial charge in [-0.3, -0.25) is 28.8 Å². The molecule has 4 aliphatic heterocycles. The van der Waals surface area contributed by atoms with Crippen LogP contribution in [0.2, 0.25) is 0 Å².